The number of halogens is 1. The van der Waals surface area contributed by atoms with Crippen LogP contribution in [0.3, 0.4) is 0 Å². The maximum absolute atomic E-state index is 8.55. The first-order valence-electron chi connectivity index (χ1n) is 3.61. The second-order valence-electron chi connectivity index (χ2n) is 2.60. The minimum Gasteiger partial charge on any atom is -0.411 e. The second-order valence-corrected chi connectivity index (χ2v) is 3.01. The molecule has 0 aromatic heterocycles. The van der Waals surface area contributed by atoms with Crippen LogP contribution in [0.5, 0.6) is 0 Å². The van der Waals surface area contributed by atoms with E-state index in [0.29, 0.717) is 10.7 Å². The molecule has 0 radical (unpaired) electrons. The van der Waals surface area contributed by atoms with Crippen LogP contribution in [0.4, 0.5) is 0 Å². The molecule has 0 saturated carbocycles. The molecule has 0 amide bonds. The van der Waals surface area contributed by atoms with Crippen LogP contribution in [0.25, 0.3) is 0 Å². The van der Waals surface area contributed by atoms with E-state index >= 15 is 0 Å². The molecular weight excluding hydrogens is 174 g/mol. The molecule has 2 nitrogen and oxygen atoms in total. The van der Waals surface area contributed by atoms with Crippen LogP contribution in [-0.2, 0) is 0 Å². The van der Waals surface area contributed by atoms with Gasteiger partial charge in [-0.3, -0.25) is 0 Å². The summed E-state index contributed by atoms with van der Waals surface area (Å²) in [5.41, 5.74) is 2.40. The fourth-order valence-corrected chi connectivity index (χ4v) is 1.23. The smallest absolute Gasteiger partial charge is 0.0840 e. The predicted octanol–water partition coefficient (Wildman–Crippen LogP) is 2.85. The first kappa shape index (κ1) is 9.07. The van der Waals surface area contributed by atoms with Crippen molar-refractivity contribution < 1.29 is 5.21 Å². The molecule has 12 heavy (non-hydrogen) atoms. The molecule has 0 saturated heterocycles. The monoisotopic (exact) mass is 183 g/mol. The molecule has 3 heteroatoms. The number of benzene rings is 1. The molecule has 1 N–H and O–H groups in total. The average Bonchev–Trinajstić information content (AvgIpc) is 2.08. The highest BCUT2D eigenvalue weighted by Gasteiger charge is 2.04. The number of hydrogen-bond donors (Lipinski definition) is 1. The minimum absolute atomic E-state index is 0.579. The topological polar surface area (TPSA) is 32.6 Å². The van der Waals surface area contributed by atoms with Crippen molar-refractivity contribution in [1.82, 2.24) is 0 Å². The number of oxime groups is 1. The van der Waals surface area contributed by atoms with E-state index in [2.05, 4.69) is 5.16 Å². The fourth-order valence-electron chi connectivity index (χ4n) is 1.05. The number of rotatable bonds is 1. The summed E-state index contributed by atoms with van der Waals surface area (Å²) in [4.78, 5) is 0. The van der Waals surface area contributed by atoms with Gasteiger partial charge in [0.05, 0.1) is 5.71 Å². The van der Waals surface area contributed by atoms with E-state index in [1.165, 1.54) is 0 Å². The third-order valence-electron chi connectivity index (χ3n) is 1.81. The van der Waals surface area contributed by atoms with E-state index in [1.807, 2.05) is 25.1 Å². The largest absolute Gasteiger partial charge is 0.411 e. The van der Waals surface area contributed by atoms with Crippen LogP contribution in [0.1, 0.15) is 18.1 Å². The maximum atomic E-state index is 8.55. The first-order valence-corrected chi connectivity index (χ1v) is 3.98. The van der Waals surface area contributed by atoms with Gasteiger partial charge in [0.1, 0.15) is 0 Å². The third-order valence-corrected chi connectivity index (χ3v) is 2.22. The lowest BCUT2D eigenvalue weighted by Crippen LogP contribution is -1.97. The highest BCUT2D eigenvalue weighted by molar-refractivity contribution is 6.31. The number of nitrogens with zero attached hydrogens (tertiary/aromatic N) is 1. The van der Waals surface area contributed by atoms with Gasteiger partial charge in [0.2, 0.25) is 0 Å². The molecule has 0 fully saturated rings. The maximum Gasteiger partial charge on any atom is 0.0840 e. The Morgan fingerprint density at radius 3 is 2.75 bits per heavy atom. The highest BCUT2D eigenvalue weighted by Crippen LogP contribution is 2.18. The number of hydrogen-bond acceptors (Lipinski definition) is 2. The van der Waals surface area contributed by atoms with E-state index in [4.69, 9.17) is 16.8 Å². The first-order chi connectivity index (χ1) is 5.66. The normalized spacial score (nSPS) is 11.8. The fraction of sp³-hybridized carbons (Fsp3) is 0.222. The molecule has 0 heterocycles. The standard InChI is InChI=1S/C9H10ClNO/c1-6-8(7(2)11-12)4-3-5-9(6)10/h3-5,12H,1-2H3/b11-7+. The molecule has 0 unspecified atom stereocenters. The Kier molecular flexibility index (Phi) is 2.71. The van der Waals surface area contributed by atoms with E-state index in [9.17, 15) is 0 Å². The third kappa shape index (κ3) is 1.59. The van der Waals surface area contributed by atoms with Crippen LogP contribution in [0.15, 0.2) is 23.4 Å². The molecule has 1 aromatic carbocycles. The quantitative estimate of drug-likeness (QED) is 0.405. The van der Waals surface area contributed by atoms with Crippen LogP contribution in [0.2, 0.25) is 5.02 Å². The average molecular weight is 184 g/mol. The molecule has 64 valence electrons. The molecule has 0 spiro atoms. The second kappa shape index (κ2) is 3.59. The van der Waals surface area contributed by atoms with Crippen LogP contribution < -0.4 is 0 Å². The molecule has 0 atom stereocenters. The lowest BCUT2D eigenvalue weighted by atomic mass is 10.1. The van der Waals surface area contributed by atoms with E-state index in [1.54, 1.807) is 6.92 Å². The summed E-state index contributed by atoms with van der Waals surface area (Å²) in [6.45, 7) is 3.63. The van der Waals surface area contributed by atoms with Crippen molar-refractivity contribution in [2.45, 2.75) is 13.8 Å². The predicted molar refractivity (Wildman–Crippen MR) is 50.2 cm³/mol. The van der Waals surface area contributed by atoms with Gasteiger partial charge >= 0.3 is 0 Å². The SMILES string of the molecule is C/C(=N\O)c1cccc(Cl)c1C. The summed E-state index contributed by atoms with van der Waals surface area (Å²) < 4.78 is 0. The van der Waals surface area contributed by atoms with Gasteiger partial charge in [-0.2, -0.15) is 0 Å². The van der Waals surface area contributed by atoms with Gasteiger partial charge in [0, 0.05) is 10.6 Å². The lowest BCUT2D eigenvalue weighted by Gasteiger charge is -2.04. The van der Waals surface area contributed by atoms with Crippen LogP contribution >= 0.6 is 11.6 Å². The van der Waals surface area contributed by atoms with Gasteiger partial charge in [0.15, 0.2) is 0 Å². The van der Waals surface area contributed by atoms with Crippen molar-refractivity contribution in [1.29, 1.82) is 0 Å². The van der Waals surface area contributed by atoms with Gasteiger partial charge in [-0.05, 0) is 25.5 Å². The van der Waals surface area contributed by atoms with Gasteiger partial charge in [-0.1, -0.05) is 28.9 Å². The van der Waals surface area contributed by atoms with Gasteiger partial charge < -0.3 is 5.21 Å². The van der Waals surface area contributed by atoms with Crippen LogP contribution in [-0.4, -0.2) is 10.9 Å². The Bertz CT molecular complexity index is 320. The van der Waals surface area contributed by atoms with E-state index < -0.39 is 0 Å². The Hall–Kier alpha value is -1.02. The molecule has 0 aliphatic heterocycles. The van der Waals surface area contributed by atoms with Crippen LogP contribution in [0, 0.1) is 6.92 Å². The molecule has 0 aliphatic carbocycles. The van der Waals surface area contributed by atoms with Gasteiger partial charge in [0.25, 0.3) is 0 Å². The zero-order valence-corrected chi connectivity index (χ0v) is 7.76. The summed E-state index contributed by atoms with van der Waals surface area (Å²) in [6, 6.07) is 5.51. The van der Waals surface area contributed by atoms with Crippen molar-refractivity contribution in [3.63, 3.8) is 0 Å². The molecule has 0 bridgehead atoms. The Labute approximate surface area is 76.5 Å². The van der Waals surface area contributed by atoms with E-state index in [0.717, 1.165) is 11.1 Å². The summed E-state index contributed by atoms with van der Waals surface area (Å²) in [5, 5.41) is 12.4. The van der Waals surface area contributed by atoms with Gasteiger partial charge in [-0.25, -0.2) is 0 Å². The van der Waals surface area contributed by atoms with Crippen molar-refractivity contribution in [2.24, 2.45) is 5.16 Å². The van der Waals surface area contributed by atoms with Crippen molar-refractivity contribution in [3.05, 3.63) is 34.3 Å². The Morgan fingerprint density at radius 1 is 1.50 bits per heavy atom. The van der Waals surface area contributed by atoms with Crippen molar-refractivity contribution in [3.8, 4) is 0 Å². The Morgan fingerprint density at radius 2 is 2.17 bits per heavy atom. The van der Waals surface area contributed by atoms with E-state index in [-0.39, 0.29) is 0 Å². The summed E-state index contributed by atoms with van der Waals surface area (Å²) in [6.07, 6.45) is 0. The van der Waals surface area contributed by atoms with Crippen molar-refractivity contribution in [2.75, 3.05) is 0 Å². The zero-order chi connectivity index (χ0) is 9.14. The summed E-state index contributed by atoms with van der Waals surface area (Å²) >= 11 is 5.88. The van der Waals surface area contributed by atoms with Gasteiger partial charge in [-0.15, -0.1) is 0 Å². The zero-order valence-electron chi connectivity index (χ0n) is 7.00. The summed E-state index contributed by atoms with van der Waals surface area (Å²) in [7, 11) is 0. The Balaban J connectivity index is 3.26. The summed E-state index contributed by atoms with van der Waals surface area (Å²) in [5.74, 6) is 0. The van der Waals surface area contributed by atoms with Crippen molar-refractivity contribution >= 4 is 17.3 Å². The molecule has 1 aromatic rings. The minimum atomic E-state index is 0.579. The molecular formula is C9H10ClNO. The molecule has 0 aliphatic rings. The molecule has 1 rings (SSSR count). The lowest BCUT2D eigenvalue weighted by molar-refractivity contribution is 0.319. The highest BCUT2D eigenvalue weighted by atomic mass is 35.5.